The summed E-state index contributed by atoms with van der Waals surface area (Å²) in [5, 5.41) is 3.46. The minimum atomic E-state index is 0.342. The Morgan fingerprint density at radius 2 is 1.61 bits per heavy atom. The quantitative estimate of drug-likeness (QED) is 0.760. The predicted octanol–water partition coefficient (Wildman–Crippen LogP) is 4.72. The summed E-state index contributed by atoms with van der Waals surface area (Å²) in [6, 6.07) is 0. The van der Waals surface area contributed by atoms with E-state index in [0.29, 0.717) is 5.41 Å². The predicted molar refractivity (Wildman–Crippen MR) is 86.6 cm³/mol. The number of nitrogens with one attached hydrogen (secondary N) is 1. The van der Waals surface area contributed by atoms with Gasteiger partial charge in [-0.25, -0.2) is 0 Å². The van der Waals surface area contributed by atoms with Gasteiger partial charge in [-0.3, -0.25) is 0 Å². The molecule has 1 N–H and O–H groups in total. The van der Waals surface area contributed by atoms with Gasteiger partial charge in [0, 0.05) is 19.6 Å². The van der Waals surface area contributed by atoms with Crippen LogP contribution in [0.2, 0.25) is 0 Å². The van der Waals surface area contributed by atoms with Crippen LogP contribution in [0.5, 0.6) is 0 Å². The highest BCUT2D eigenvalue weighted by Crippen LogP contribution is 2.36. The summed E-state index contributed by atoms with van der Waals surface area (Å²) in [6.07, 6.45) is 1.12. The number of hydrogen-bond acceptors (Lipinski definition) is 4. The third kappa shape index (κ3) is 3.51. The molecule has 0 aliphatic rings. The maximum absolute atomic E-state index is 5.36. The molecule has 0 heterocycles. The van der Waals surface area contributed by atoms with Crippen molar-refractivity contribution in [1.82, 2.24) is 0 Å². The van der Waals surface area contributed by atoms with Crippen LogP contribution in [-0.2, 0) is 0 Å². The van der Waals surface area contributed by atoms with Crippen molar-refractivity contribution in [3.8, 4) is 0 Å². The van der Waals surface area contributed by atoms with Gasteiger partial charge in [0.05, 0.1) is 20.4 Å². The second kappa shape index (κ2) is 6.11. The minimum Gasteiger partial charge on any atom is -0.382 e. The van der Waals surface area contributed by atoms with Gasteiger partial charge < -0.3 is 10.2 Å². The molecule has 1 aromatic rings. The van der Waals surface area contributed by atoms with Crippen LogP contribution >= 0.6 is 24.4 Å². The first-order valence-electron chi connectivity index (χ1n) is 6.64. The summed E-state index contributed by atoms with van der Waals surface area (Å²) in [5.74, 6) is 0. The lowest BCUT2D eigenvalue weighted by Gasteiger charge is -2.28. The Morgan fingerprint density at radius 1 is 1.06 bits per heavy atom. The lowest BCUT2D eigenvalue weighted by molar-refractivity contribution is 0.390. The molecule has 0 radical (unpaired) electrons. The van der Waals surface area contributed by atoms with Gasteiger partial charge in [0.15, 0.2) is 0 Å². The molecule has 0 spiro atoms. The van der Waals surface area contributed by atoms with Gasteiger partial charge in [-0.2, -0.15) is 0 Å². The Morgan fingerprint density at radius 3 is 2.06 bits per heavy atom. The van der Waals surface area contributed by atoms with Crippen LogP contribution in [0.1, 0.15) is 41.0 Å². The third-order valence-corrected chi connectivity index (χ3v) is 4.08. The maximum atomic E-state index is 5.36. The molecule has 0 bridgehead atoms. The number of hydrogen-bond donors (Lipinski definition) is 1. The molecule has 0 aliphatic carbocycles. The van der Waals surface area contributed by atoms with Crippen molar-refractivity contribution < 1.29 is 0 Å². The normalized spacial score (nSPS) is 11.8. The van der Waals surface area contributed by atoms with E-state index in [0.717, 1.165) is 46.5 Å². The van der Waals surface area contributed by atoms with Gasteiger partial charge >= 0.3 is 0 Å². The Balaban J connectivity index is 2.76. The third-order valence-electron chi connectivity index (χ3n) is 3.14. The van der Waals surface area contributed by atoms with Crippen molar-refractivity contribution in [2.75, 3.05) is 29.9 Å². The van der Waals surface area contributed by atoms with E-state index in [4.69, 9.17) is 24.4 Å². The maximum Gasteiger partial charge on any atom is 0.0834 e. The van der Waals surface area contributed by atoms with Gasteiger partial charge in [-0.05, 0) is 25.7 Å². The summed E-state index contributed by atoms with van der Waals surface area (Å²) in [6.45, 7) is 13.9. The fourth-order valence-corrected chi connectivity index (χ4v) is 2.55. The zero-order valence-electron chi connectivity index (χ0n) is 12.1. The van der Waals surface area contributed by atoms with Crippen molar-refractivity contribution in [3.63, 3.8) is 0 Å². The standard InChI is InChI=1S/C14H24N2S2/c1-6-16(7-2)11-10(12(17)13(11)18)15-9-8-14(3,4)5/h15H,6-9H2,1-5H3. The number of anilines is 2. The number of rotatable bonds is 6. The highest BCUT2D eigenvalue weighted by atomic mass is 32.1. The summed E-state index contributed by atoms with van der Waals surface area (Å²) < 4.78 is 1.69. The van der Waals surface area contributed by atoms with Gasteiger partial charge in [-0.15, -0.1) is 0 Å². The minimum absolute atomic E-state index is 0.342. The van der Waals surface area contributed by atoms with Crippen LogP contribution in [0.25, 0.3) is 0 Å². The second-order valence-electron chi connectivity index (χ2n) is 5.79. The van der Waals surface area contributed by atoms with Crippen molar-refractivity contribution in [2.24, 2.45) is 5.41 Å². The molecule has 102 valence electrons. The highest BCUT2D eigenvalue weighted by molar-refractivity contribution is 7.74. The zero-order valence-corrected chi connectivity index (χ0v) is 13.7. The summed E-state index contributed by atoms with van der Waals surface area (Å²) in [5.41, 5.74) is 2.58. The Kier molecular flexibility index (Phi) is 5.29. The van der Waals surface area contributed by atoms with E-state index in [1.54, 1.807) is 0 Å². The molecule has 0 amide bonds. The van der Waals surface area contributed by atoms with Crippen LogP contribution in [0, 0.1) is 14.4 Å². The fraction of sp³-hybridized carbons (Fsp3) is 0.714. The van der Waals surface area contributed by atoms with Crippen LogP contribution in [0.3, 0.4) is 0 Å². The molecule has 0 saturated heterocycles. The molecule has 4 heteroatoms. The van der Waals surface area contributed by atoms with E-state index in [9.17, 15) is 0 Å². The molecule has 0 unspecified atom stereocenters. The van der Waals surface area contributed by atoms with Crippen molar-refractivity contribution in [1.29, 1.82) is 0 Å². The van der Waals surface area contributed by atoms with Gasteiger partial charge in [0.25, 0.3) is 0 Å². The highest BCUT2D eigenvalue weighted by Gasteiger charge is 2.19. The monoisotopic (exact) mass is 284 g/mol. The fourth-order valence-electron chi connectivity index (χ4n) is 1.95. The van der Waals surface area contributed by atoms with Crippen LogP contribution < -0.4 is 10.2 Å². The molecule has 18 heavy (non-hydrogen) atoms. The van der Waals surface area contributed by atoms with E-state index in [1.807, 2.05) is 0 Å². The van der Waals surface area contributed by atoms with Crippen molar-refractivity contribution >= 4 is 35.8 Å². The molecule has 0 saturated carbocycles. The first-order chi connectivity index (χ1) is 8.31. The SMILES string of the molecule is CCN(CC)c1c(NCCC(C)(C)C)c(=S)c1=S. The lowest BCUT2D eigenvalue weighted by Crippen LogP contribution is -2.26. The summed E-state index contributed by atoms with van der Waals surface area (Å²) in [7, 11) is 0. The second-order valence-corrected chi connectivity index (χ2v) is 6.61. The largest absolute Gasteiger partial charge is 0.382 e. The Bertz CT molecular complexity index is 461. The molecular weight excluding hydrogens is 260 g/mol. The Hall–Kier alpha value is -0.480. The molecule has 0 atom stereocenters. The molecule has 1 aromatic carbocycles. The summed E-state index contributed by atoms with van der Waals surface area (Å²) >= 11 is 10.7. The smallest absolute Gasteiger partial charge is 0.0834 e. The van der Waals surface area contributed by atoms with Gasteiger partial charge in [0.2, 0.25) is 0 Å². The van der Waals surface area contributed by atoms with E-state index in [-0.39, 0.29) is 0 Å². The molecule has 0 fully saturated rings. The van der Waals surface area contributed by atoms with E-state index < -0.39 is 0 Å². The number of nitrogens with zero attached hydrogens (tertiary/aromatic N) is 1. The van der Waals surface area contributed by atoms with Crippen molar-refractivity contribution in [2.45, 2.75) is 41.0 Å². The van der Waals surface area contributed by atoms with Crippen LogP contribution in [0.15, 0.2) is 0 Å². The Labute approximate surface area is 121 Å². The molecule has 0 aromatic heterocycles. The average molecular weight is 284 g/mol. The lowest BCUT2D eigenvalue weighted by atomic mass is 9.92. The van der Waals surface area contributed by atoms with E-state index in [1.165, 1.54) is 0 Å². The van der Waals surface area contributed by atoms with Gasteiger partial charge in [0.1, 0.15) is 0 Å². The topological polar surface area (TPSA) is 15.3 Å². The van der Waals surface area contributed by atoms with E-state index >= 15 is 0 Å². The van der Waals surface area contributed by atoms with Crippen LogP contribution in [-0.4, -0.2) is 19.6 Å². The zero-order chi connectivity index (χ0) is 13.9. The molecular formula is C14H24N2S2. The first-order valence-corrected chi connectivity index (χ1v) is 7.45. The average Bonchev–Trinajstić information content (AvgIpc) is 2.30. The molecule has 2 nitrogen and oxygen atoms in total. The molecule has 1 rings (SSSR count). The van der Waals surface area contributed by atoms with Crippen molar-refractivity contribution in [3.05, 3.63) is 9.02 Å². The van der Waals surface area contributed by atoms with E-state index in [2.05, 4.69) is 44.8 Å². The first kappa shape index (κ1) is 15.6. The van der Waals surface area contributed by atoms with Crippen LogP contribution in [0.4, 0.5) is 11.4 Å². The summed E-state index contributed by atoms with van der Waals surface area (Å²) in [4.78, 5) is 2.28. The van der Waals surface area contributed by atoms with Gasteiger partial charge in [-0.1, -0.05) is 45.2 Å². The molecule has 0 aliphatic heterocycles.